The van der Waals surface area contributed by atoms with Gasteiger partial charge in [0.25, 0.3) is 0 Å². The quantitative estimate of drug-likeness (QED) is 0.269. The van der Waals surface area contributed by atoms with E-state index in [-0.39, 0.29) is 40.2 Å². The Morgan fingerprint density at radius 3 is 1.80 bits per heavy atom. The van der Waals surface area contributed by atoms with Gasteiger partial charge in [0.05, 0.1) is 17.6 Å². The molecule has 0 aromatic carbocycles. The molecule has 2 amide bonds. The predicted molar refractivity (Wildman–Crippen MR) is 149 cm³/mol. The number of rotatable bonds is 13. The summed E-state index contributed by atoms with van der Waals surface area (Å²) < 4.78 is 6.49. The van der Waals surface area contributed by atoms with Gasteiger partial charge in [0, 0.05) is 23.1 Å². The molecular formula is C30H58N2O3. The van der Waals surface area contributed by atoms with E-state index in [1.807, 2.05) is 6.92 Å². The smallest absolute Gasteiger partial charge is 0.246 e. The van der Waals surface area contributed by atoms with Crippen LogP contribution in [0.4, 0.5) is 0 Å². The van der Waals surface area contributed by atoms with Gasteiger partial charge in [0.1, 0.15) is 0 Å². The Morgan fingerprint density at radius 2 is 1.43 bits per heavy atom. The summed E-state index contributed by atoms with van der Waals surface area (Å²) in [4.78, 5) is 25.8. The maximum atomic E-state index is 13.8. The molecule has 0 aromatic heterocycles. The Bertz CT molecular complexity index is 733. The van der Waals surface area contributed by atoms with Gasteiger partial charge in [-0.05, 0) is 64.2 Å². The maximum absolute atomic E-state index is 13.8. The van der Waals surface area contributed by atoms with E-state index in [4.69, 9.17) is 4.74 Å². The molecule has 0 fully saturated rings. The largest absolute Gasteiger partial charge is 0.375 e. The van der Waals surface area contributed by atoms with Crippen molar-refractivity contribution in [2.24, 2.45) is 22.2 Å². The first-order valence-electron chi connectivity index (χ1n) is 13.5. The molecule has 206 valence electrons. The van der Waals surface area contributed by atoms with Crippen molar-refractivity contribution in [3.8, 4) is 0 Å². The van der Waals surface area contributed by atoms with Crippen molar-refractivity contribution < 1.29 is 14.3 Å². The highest BCUT2D eigenvalue weighted by molar-refractivity contribution is 5.92. The number of carbonyl (C=O) groups excluding carboxylic acids is 2. The van der Waals surface area contributed by atoms with E-state index in [0.717, 1.165) is 19.3 Å². The highest BCUT2D eigenvalue weighted by Crippen LogP contribution is 2.47. The first-order valence-corrected chi connectivity index (χ1v) is 13.5. The first kappa shape index (κ1) is 33.6. The zero-order valence-electron chi connectivity index (χ0n) is 25.6. The molecule has 2 N–H and O–H groups in total. The van der Waals surface area contributed by atoms with E-state index in [0.29, 0.717) is 18.6 Å². The van der Waals surface area contributed by atoms with Crippen LogP contribution in [0.2, 0.25) is 0 Å². The molecule has 0 spiro atoms. The Kier molecular flexibility index (Phi) is 11.8. The standard InChI is InChI=1S/C30H58N2O3/c1-16-28(13,18-23(6)31-24(33)21(3)4)35-19-22(5)30(15,17-2)32-25(34)29(14,27(10,11)12)20-26(7,8)9/h22-23H,3,16-20H2,1-2,4-15H3,(H,31,33)(H,32,34). The van der Waals surface area contributed by atoms with Crippen molar-refractivity contribution in [2.45, 2.75) is 140 Å². The van der Waals surface area contributed by atoms with Crippen LogP contribution in [0, 0.1) is 22.2 Å². The van der Waals surface area contributed by atoms with Crippen LogP contribution in [-0.4, -0.2) is 35.6 Å². The third kappa shape index (κ3) is 9.90. The molecule has 5 nitrogen and oxygen atoms in total. The number of nitrogens with one attached hydrogen (secondary N) is 2. The van der Waals surface area contributed by atoms with E-state index in [1.54, 1.807) is 6.92 Å². The SMILES string of the molecule is C=C(C)C(=O)NC(C)CC(C)(CC)OCC(C)C(C)(CC)NC(=O)C(C)(CC(C)(C)C)C(C)(C)C. The van der Waals surface area contributed by atoms with E-state index >= 15 is 0 Å². The highest BCUT2D eigenvalue weighted by atomic mass is 16.5. The molecule has 0 aliphatic heterocycles. The van der Waals surface area contributed by atoms with E-state index in [2.05, 4.69) is 100 Å². The van der Waals surface area contributed by atoms with Gasteiger partial charge in [-0.3, -0.25) is 9.59 Å². The fraction of sp³-hybridized carbons (Fsp3) is 0.867. The second kappa shape index (κ2) is 12.3. The summed E-state index contributed by atoms with van der Waals surface area (Å²) >= 11 is 0. The molecule has 0 aliphatic carbocycles. The molecule has 0 bridgehead atoms. The van der Waals surface area contributed by atoms with Crippen LogP contribution in [-0.2, 0) is 14.3 Å². The van der Waals surface area contributed by atoms with Crippen LogP contribution in [0.25, 0.3) is 0 Å². The molecule has 0 saturated carbocycles. The second-order valence-electron chi connectivity index (χ2n) is 13.9. The Hall–Kier alpha value is -1.36. The van der Waals surface area contributed by atoms with E-state index < -0.39 is 11.0 Å². The topological polar surface area (TPSA) is 67.4 Å². The lowest BCUT2D eigenvalue weighted by molar-refractivity contribution is -0.142. The van der Waals surface area contributed by atoms with E-state index in [1.165, 1.54) is 0 Å². The number of carbonyl (C=O) groups is 2. The summed E-state index contributed by atoms with van der Waals surface area (Å²) in [6.45, 7) is 33.8. The van der Waals surface area contributed by atoms with Crippen molar-refractivity contribution in [3.05, 3.63) is 12.2 Å². The number of amides is 2. The van der Waals surface area contributed by atoms with Crippen molar-refractivity contribution in [2.75, 3.05) is 6.61 Å². The van der Waals surface area contributed by atoms with Crippen LogP contribution in [0.5, 0.6) is 0 Å². The third-order valence-corrected chi connectivity index (χ3v) is 8.19. The minimum Gasteiger partial charge on any atom is -0.375 e. The summed E-state index contributed by atoms with van der Waals surface area (Å²) in [5.41, 5.74) is -0.902. The molecule has 35 heavy (non-hydrogen) atoms. The summed E-state index contributed by atoms with van der Waals surface area (Å²) in [7, 11) is 0. The van der Waals surface area contributed by atoms with Crippen LogP contribution >= 0.6 is 0 Å². The average Bonchev–Trinajstić information content (AvgIpc) is 2.69. The Morgan fingerprint density at radius 1 is 0.914 bits per heavy atom. The van der Waals surface area contributed by atoms with Gasteiger partial charge in [0.2, 0.25) is 11.8 Å². The maximum Gasteiger partial charge on any atom is 0.246 e. The van der Waals surface area contributed by atoms with Crippen LogP contribution < -0.4 is 10.6 Å². The molecule has 0 heterocycles. The van der Waals surface area contributed by atoms with Gasteiger partial charge < -0.3 is 15.4 Å². The lowest BCUT2D eigenvalue weighted by Gasteiger charge is -2.47. The molecule has 0 saturated heterocycles. The average molecular weight is 495 g/mol. The highest BCUT2D eigenvalue weighted by Gasteiger charge is 2.48. The second-order valence-corrected chi connectivity index (χ2v) is 13.9. The molecule has 0 rings (SSSR count). The summed E-state index contributed by atoms with van der Waals surface area (Å²) in [6.07, 6.45) is 3.16. The predicted octanol–water partition coefficient (Wildman–Crippen LogP) is 7.05. The zero-order chi connectivity index (χ0) is 28.0. The number of hydrogen-bond acceptors (Lipinski definition) is 3. The molecular weight excluding hydrogens is 436 g/mol. The van der Waals surface area contributed by atoms with E-state index in [9.17, 15) is 9.59 Å². The lowest BCUT2D eigenvalue weighted by Crippen LogP contribution is -2.58. The summed E-state index contributed by atoms with van der Waals surface area (Å²) in [6, 6.07) is -0.0263. The van der Waals surface area contributed by atoms with Gasteiger partial charge >= 0.3 is 0 Å². The minimum atomic E-state index is -0.503. The van der Waals surface area contributed by atoms with Gasteiger partial charge in [-0.1, -0.05) is 75.8 Å². The Labute approximate surface area is 217 Å². The molecule has 0 radical (unpaired) electrons. The van der Waals surface area contributed by atoms with Gasteiger partial charge in [-0.15, -0.1) is 0 Å². The molecule has 5 heteroatoms. The molecule has 0 aliphatic rings. The normalized spacial score (nSPS) is 19.5. The van der Waals surface area contributed by atoms with Gasteiger partial charge in [-0.2, -0.15) is 0 Å². The van der Waals surface area contributed by atoms with Crippen LogP contribution in [0.15, 0.2) is 12.2 Å². The molecule has 5 unspecified atom stereocenters. The summed E-state index contributed by atoms with van der Waals surface area (Å²) in [5, 5.41) is 6.46. The number of hydrogen-bond donors (Lipinski definition) is 2. The van der Waals surface area contributed by atoms with Crippen molar-refractivity contribution in [1.29, 1.82) is 0 Å². The van der Waals surface area contributed by atoms with Crippen molar-refractivity contribution in [1.82, 2.24) is 10.6 Å². The number of ether oxygens (including phenoxy) is 1. The first-order chi connectivity index (χ1) is 15.6. The zero-order valence-corrected chi connectivity index (χ0v) is 25.6. The monoisotopic (exact) mass is 494 g/mol. The van der Waals surface area contributed by atoms with Gasteiger partial charge in [-0.25, -0.2) is 0 Å². The fourth-order valence-electron chi connectivity index (χ4n) is 4.57. The minimum absolute atomic E-state index is 0.0263. The fourth-order valence-corrected chi connectivity index (χ4v) is 4.57. The van der Waals surface area contributed by atoms with Crippen LogP contribution in [0.1, 0.15) is 123 Å². The van der Waals surface area contributed by atoms with Crippen molar-refractivity contribution in [3.63, 3.8) is 0 Å². The molecule has 0 aromatic rings. The van der Waals surface area contributed by atoms with Gasteiger partial charge in [0.15, 0.2) is 0 Å². The lowest BCUT2D eigenvalue weighted by atomic mass is 9.60. The Balaban J connectivity index is 5.54. The van der Waals surface area contributed by atoms with Crippen LogP contribution in [0.3, 0.4) is 0 Å². The third-order valence-electron chi connectivity index (χ3n) is 8.19. The van der Waals surface area contributed by atoms with Crippen molar-refractivity contribution >= 4 is 11.8 Å². The summed E-state index contributed by atoms with van der Waals surface area (Å²) in [5.74, 6) is 0.106. The molecule has 5 atom stereocenters.